The Morgan fingerprint density at radius 2 is 2.09 bits per heavy atom. The van der Waals surface area contributed by atoms with E-state index in [1.54, 1.807) is 0 Å². The zero-order chi connectivity index (χ0) is 15.4. The van der Waals surface area contributed by atoms with Gasteiger partial charge in [-0.3, -0.25) is 4.99 Å². The van der Waals surface area contributed by atoms with E-state index in [0.717, 1.165) is 24.2 Å². The molecule has 1 aromatic carbocycles. The third-order valence-electron chi connectivity index (χ3n) is 3.74. The molecule has 7 heteroatoms. The van der Waals surface area contributed by atoms with Crippen LogP contribution in [0.1, 0.15) is 11.1 Å². The predicted molar refractivity (Wildman–Crippen MR) is 79.3 cm³/mol. The summed E-state index contributed by atoms with van der Waals surface area (Å²) >= 11 is 0. The molecule has 1 fully saturated rings. The molecule has 1 saturated heterocycles. The van der Waals surface area contributed by atoms with E-state index in [0.29, 0.717) is 44.5 Å². The van der Waals surface area contributed by atoms with Crippen molar-refractivity contribution in [2.75, 3.05) is 39.6 Å². The number of guanidine groups is 1. The molecule has 1 aromatic rings. The molecule has 0 amide bonds. The first-order chi connectivity index (χ1) is 10.7. The summed E-state index contributed by atoms with van der Waals surface area (Å²) < 4.78 is 29.6. The van der Waals surface area contributed by atoms with Crippen LogP contribution < -0.4 is 10.5 Å². The van der Waals surface area contributed by atoms with Gasteiger partial charge in [0.2, 0.25) is 0 Å². The van der Waals surface area contributed by atoms with Crippen LogP contribution >= 0.6 is 0 Å². The van der Waals surface area contributed by atoms with Crippen molar-refractivity contribution in [1.82, 2.24) is 4.90 Å². The van der Waals surface area contributed by atoms with Gasteiger partial charge in [-0.05, 0) is 24.1 Å². The smallest absolute Gasteiger partial charge is 0.191 e. The monoisotopic (exact) mass is 309 g/mol. The van der Waals surface area contributed by atoms with Crippen LogP contribution in [0.4, 0.5) is 4.39 Å². The topological polar surface area (TPSA) is 69.3 Å². The number of nitrogens with zero attached hydrogens (tertiary/aromatic N) is 2. The van der Waals surface area contributed by atoms with Crippen molar-refractivity contribution >= 4 is 5.96 Å². The molecule has 2 aliphatic rings. The summed E-state index contributed by atoms with van der Waals surface area (Å²) in [4.78, 5) is 6.37. The van der Waals surface area contributed by atoms with E-state index in [9.17, 15) is 4.39 Å². The number of nitrogens with two attached hydrogens (primary N) is 1. The largest absolute Gasteiger partial charge is 0.467 e. The fourth-order valence-corrected chi connectivity index (χ4v) is 2.63. The molecule has 0 unspecified atom stereocenters. The Kier molecular flexibility index (Phi) is 4.74. The summed E-state index contributed by atoms with van der Waals surface area (Å²) in [6.07, 6.45) is 0.575. The summed E-state index contributed by atoms with van der Waals surface area (Å²) in [5, 5.41) is 0. The molecule has 6 nitrogen and oxygen atoms in total. The quantitative estimate of drug-likeness (QED) is 0.663. The fourth-order valence-electron chi connectivity index (χ4n) is 2.63. The molecular formula is C15H20FN3O3. The van der Waals surface area contributed by atoms with Crippen LogP contribution in [-0.4, -0.2) is 50.5 Å². The number of ether oxygens (including phenoxy) is 3. The lowest BCUT2D eigenvalue weighted by molar-refractivity contribution is -0.0172. The van der Waals surface area contributed by atoms with E-state index in [1.807, 2.05) is 4.90 Å². The van der Waals surface area contributed by atoms with Crippen molar-refractivity contribution in [2.24, 2.45) is 10.7 Å². The van der Waals surface area contributed by atoms with Gasteiger partial charge in [-0.15, -0.1) is 0 Å². The second-order valence-electron chi connectivity index (χ2n) is 5.25. The molecule has 120 valence electrons. The van der Waals surface area contributed by atoms with Crippen LogP contribution in [0.25, 0.3) is 0 Å². The minimum absolute atomic E-state index is 0.199. The molecule has 22 heavy (non-hydrogen) atoms. The number of morpholine rings is 1. The second kappa shape index (κ2) is 6.93. The molecule has 2 heterocycles. The molecule has 0 spiro atoms. The lowest BCUT2D eigenvalue weighted by Gasteiger charge is -2.27. The zero-order valence-corrected chi connectivity index (χ0v) is 12.4. The van der Waals surface area contributed by atoms with Gasteiger partial charge in [-0.1, -0.05) is 0 Å². The second-order valence-corrected chi connectivity index (χ2v) is 5.25. The van der Waals surface area contributed by atoms with Gasteiger partial charge in [0.25, 0.3) is 0 Å². The predicted octanol–water partition coefficient (Wildman–Crippen LogP) is 0.882. The minimum atomic E-state index is -0.284. The van der Waals surface area contributed by atoms with Gasteiger partial charge in [0, 0.05) is 25.2 Å². The lowest BCUT2D eigenvalue weighted by Crippen LogP contribution is -2.44. The van der Waals surface area contributed by atoms with Crippen molar-refractivity contribution in [3.05, 3.63) is 29.1 Å². The average molecular weight is 309 g/mol. The molecule has 0 radical (unpaired) electrons. The van der Waals surface area contributed by atoms with Crippen LogP contribution in [0.3, 0.4) is 0 Å². The van der Waals surface area contributed by atoms with Gasteiger partial charge in [0.15, 0.2) is 12.8 Å². The van der Waals surface area contributed by atoms with Crippen molar-refractivity contribution in [3.63, 3.8) is 0 Å². The highest BCUT2D eigenvalue weighted by atomic mass is 19.1. The Balaban J connectivity index is 1.65. The lowest BCUT2D eigenvalue weighted by atomic mass is 10.1. The molecule has 0 atom stereocenters. The Bertz CT molecular complexity index is 559. The van der Waals surface area contributed by atoms with Crippen molar-refractivity contribution in [1.29, 1.82) is 0 Å². The molecule has 2 aliphatic heterocycles. The standard InChI is InChI=1S/C15H20FN3O3/c16-13-7-11(14-12(8-13)9-21-10-22-14)1-2-18-15(17)19-3-5-20-6-4-19/h7-8H,1-6,9-10H2,(H2,17,18). The summed E-state index contributed by atoms with van der Waals surface area (Å²) in [5.41, 5.74) is 7.52. The SMILES string of the molecule is NC(=NCCc1cc(F)cc2c1OCOC2)N1CCOCC1. The normalized spacial score (nSPS) is 18.8. The number of benzene rings is 1. The Hall–Kier alpha value is -1.86. The van der Waals surface area contributed by atoms with Gasteiger partial charge in [0.05, 0.1) is 19.8 Å². The van der Waals surface area contributed by atoms with Crippen LogP contribution in [0, 0.1) is 5.82 Å². The number of aliphatic imine (C=N–C) groups is 1. The first-order valence-electron chi connectivity index (χ1n) is 7.38. The van der Waals surface area contributed by atoms with Crippen LogP contribution in [0.5, 0.6) is 5.75 Å². The minimum Gasteiger partial charge on any atom is -0.467 e. The Morgan fingerprint density at radius 3 is 2.91 bits per heavy atom. The van der Waals surface area contributed by atoms with Gasteiger partial charge in [-0.25, -0.2) is 4.39 Å². The van der Waals surface area contributed by atoms with Crippen molar-refractivity contribution in [2.45, 2.75) is 13.0 Å². The molecule has 0 aromatic heterocycles. The van der Waals surface area contributed by atoms with Crippen molar-refractivity contribution < 1.29 is 18.6 Å². The molecule has 2 N–H and O–H groups in total. The van der Waals surface area contributed by atoms with Crippen molar-refractivity contribution in [3.8, 4) is 5.75 Å². The number of halogens is 1. The zero-order valence-electron chi connectivity index (χ0n) is 12.4. The average Bonchev–Trinajstić information content (AvgIpc) is 2.55. The van der Waals surface area contributed by atoms with Gasteiger partial charge >= 0.3 is 0 Å². The van der Waals surface area contributed by atoms with Crippen LogP contribution in [-0.2, 0) is 22.5 Å². The number of fused-ring (bicyclic) bond motifs is 1. The van der Waals surface area contributed by atoms with Crippen LogP contribution in [0.15, 0.2) is 17.1 Å². The van der Waals surface area contributed by atoms with E-state index < -0.39 is 0 Å². The first-order valence-corrected chi connectivity index (χ1v) is 7.38. The van der Waals surface area contributed by atoms with E-state index >= 15 is 0 Å². The maximum Gasteiger partial charge on any atom is 0.191 e. The van der Waals surface area contributed by atoms with E-state index in [-0.39, 0.29) is 12.6 Å². The molecule has 3 rings (SSSR count). The number of hydrogen-bond donors (Lipinski definition) is 1. The summed E-state index contributed by atoms with van der Waals surface area (Å²) in [7, 11) is 0. The summed E-state index contributed by atoms with van der Waals surface area (Å²) in [6.45, 7) is 3.91. The van der Waals surface area contributed by atoms with E-state index in [1.165, 1.54) is 12.1 Å². The first kappa shape index (κ1) is 15.1. The maximum absolute atomic E-state index is 13.6. The number of hydrogen-bond acceptors (Lipinski definition) is 4. The highest BCUT2D eigenvalue weighted by molar-refractivity contribution is 5.78. The molecule has 0 bridgehead atoms. The highest BCUT2D eigenvalue weighted by Crippen LogP contribution is 2.29. The van der Waals surface area contributed by atoms with E-state index in [2.05, 4.69) is 4.99 Å². The fraction of sp³-hybridized carbons (Fsp3) is 0.533. The molecule has 0 saturated carbocycles. The van der Waals surface area contributed by atoms with Crippen LogP contribution in [0.2, 0.25) is 0 Å². The molecular weight excluding hydrogens is 289 g/mol. The van der Waals surface area contributed by atoms with Gasteiger partial charge < -0.3 is 24.8 Å². The highest BCUT2D eigenvalue weighted by Gasteiger charge is 2.17. The third kappa shape index (κ3) is 3.48. The number of rotatable bonds is 3. The Morgan fingerprint density at radius 1 is 1.27 bits per heavy atom. The van der Waals surface area contributed by atoms with Gasteiger partial charge in [0.1, 0.15) is 11.6 Å². The molecule has 0 aliphatic carbocycles. The maximum atomic E-state index is 13.6. The van der Waals surface area contributed by atoms with Gasteiger partial charge in [-0.2, -0.15) is 0 Å². The summed E-state index contributed by atoms with van der Waals surface area (Å²) in [5.74, 6) is 0.943. The van der Waals surface area contributed by atoms with E-state index in [4.69, 9.17) is 19.9 Å². The Labute approximate surface area is 128 Å². The third-order valence-corrected chi connectivity index (χ3v) is 3.74. The summed E-state index contributed by atoms with van der Waals surface area (Å²) in [6, 6.07) is 2.94.